The van der Waals surface area contributed by atoms with Gasteiger partial charge in [0.05, 0.1) is 23.8 Å². The number of para-hydroxylation sites is 2. The van der Waals surface area contributed by atoms with Gasteiger partial charge >= 0.3 is 0 Å². The van der Waals surface area contributed by atoms with Crippen LogP contribution < -0.4 is 15.0 Å². The third-order valence-corrected chi connectivity index (χ3v) is 6.09. The van der Waals surface area contributed by atoms with Crippen molar-refractivity contribution < 1.29 is 18.7 Å². The number of carbonyl (C=O) groups is 2. The van der Waals surface area contributed by atoms with E-state index in [2.05, 4.69) is 10.2 Å². The number of hydrogen-bond acceptors (Lipinski definition) is 5. The zero-order valence-electron chi connectivity index (χ0n) is 17.1. The molecule has 3 rings (SSSR count). The van der Waals surface area contributed by atoms with Crippen molar-refractivity contribution in [1.29, 1.82) is 0 Å². The molecule has 8 heteroatoms. The summed E-state index contributed by atoms with van der Waals surface area (Å²) < 4.78 is 18.4. The Labute approximate surface area is 180 Å². The Bertz CT molecular complexity index is 870. The molecule has 1 heterocycles. The first-order valence-corrected chi connectivity index (χ1v) is 10.9. The van der Waals surface area contributed by atoms with Crippen molar-refractivity contribution in [3.05, 3.63) is 54.3 Å². The lowest BCUT2D eigenvalue weighted by Gasteiger charge is -2.37. The number of anilines is 2. The van der Waals surface area contributed by atoms with Crippen LogP contribution in [0.1, 0.15) is 6.92 Å². The summed E-state index contributed by atoms with van der Waals surface area (Å²) >= 11 is 1.30. The molecule has 0 saturated carbocycles. The van der Waals surface area contributed by atoms with E-state index in [4.69, 9.17) is 4.74 Å². The van der Waals surface area contributed by atoms with Gasteiger partial charge in [-0.15, -0.1) is 11.8 Å². The number of amides is 2. The first-order valence-electron chi connectivity index (χ1n) is 9.81. The van der Waals surface area contributed by atoms with Crippen LogP contribution in [0.3, 0.4) is 0 Å². The number of ether oxygens (including phenoxy) is 1. The fraction of sp³-hybridized carbons (Fsp3) is 0.364. The van der Waals surface area contributed by atoms with E-state index in [9.17, 15) is 14.0 Å². The van der Waals surface area contributed by atoms with Crippen molar-refractivity contribution >= 4 is 35.0 Å². The topological polar surface area (TPSA) is 61.9 Å². The van der Waals surface area contributed by atoms with Gasteiger partial charge in [-0.1, -0.05) is 12.1 Å². The lowest BCUT2D eigenvalue weighted by atomic mass is 10.2. The Morgan fingerprint density at radius 3 is 2.43 bits per heavy atom. The zero-order valence-corrected chi connectivity index (χ0v) is 18.0. The summed E-state index contributed by atoms with van der Waals surface area (Å²) in [5.41, 5.74) is 1.57. The van der Waals surface area contributed by atoms with Crippen LogP contribution in [0.15, 0.2) is 48.5 Å². The number of nitrogens with zero attached hydrogens (tertiary/aromatic N) is 2. The number of methoxy groups -OCH3 is 1. The number of piperazine rings is 1. The van der Waals surface area contributed by atoms with E-state index in [0.29, 0.717) is 18.8 Å². The van der Waals surface area contributed by atoms with Crippen molar-refractivity contribution in [2.45, 2.75) is 12.2 Å². The molecule has 2 aromatic carbocycles. The van der Waals surface area contributed by atoms with Gasteiger partial charge in [0, 0.05) is 31.9 Å². The third kappa shape index (κ3) is 5.66. The van der Waals surface area contributed by atoms with Gasteiger partial charge in [-0.3, -0.25) is 9.59 Å². The van der Waals surface area contributed by atoms with Crippen LogP contribution in [0.5, 0.6) is 5.75 Å². The molecule has 0 spiro atoms. The molecule has 1 aliphatic heterocycles. The van der Waals surface area contributed by atoms with Crippen molar-refractivity contribution in [1.82, 2.24) is 4.90 Å². The first-order chi connectivity index (χ1) is 14.5. The molecule has 2 aromatic rings. The van der Waals surface area contributed by atoms with E-state index in [0.717, 1.165) is 24.5 Å². The second kappa shape index (κ2) is 10.3. The Hall–Kier alpha value is -2.74. The minimum atomic E-state index is -0.354. The molecule has 1 aliphatic rings. The second-order valence-electron chi connectivity index (χ2n) is 6.99. The quantitative estimate of drug-likeness (QED) is 0.729. The fourth-order valence-corrected chi connectivity index (χ4v) is 4.08. The van der Waals surface area contributed by atoms with Gasteiger partial charge in [-0.05, 0) is 43.3 Å². The van der Waals surface area contributed by atoms with Gasteiger partial charge in [-0.2, -0.15) is 0 Å². The Morgan fingerprint density at radius 1 is 1.10 bits per heavy atom. The molecular formula is C22H26FN3O3S. The van der Waals surface area contributed by atoms with Crippen LogP contribution >= 0.6 is 11.8 Å². The van der Waals surface area contributed by atoms with Crippen molar-refractivity contribution in [3.8, 4) is 5.75 Å². The minimum Gasteiger partial charge on any atom is -0.495 e. The molecule has 1 atom stereocenters. The zero-order chi connectivity index (χ0) is 21.5. The largest absolute Gasteiger partial charge is 0.495 e. The number of hydrogen-bond donors (Lipinski definition) is 1. The van der Waals surface area contributed by atoms with Crippen LogP contribution in [0, 0.1) is 5.82 Å². The first kappa shape index (κ1) is 22.0. The summed E-state index contributed by atoms with van der Waals surface area (Å²) in [6.45, 7) is 4.54. The van der Waals surface area contributed by atoms with Crippen LogP contribution in [0.4, 0.5) is 15.8 Å². The lowest BCUT2D eigenvalue weighted by molar-refractivity contribution is -0.130. The van der Waals surface area contributed by atoms with Gasteiger partial charge in [-0.25, -0.2) is 4.39 Å². The molecule has 1 unspecified atom stereocenters. The van der Waals surface area contributed by atoms with E-state index < -0.39 is 0 Å². The highest BCUT2D eigenvalue weighted by molar-refractivity contribution is 8.01. The predicted molar refractivity (Wildman–Crippen MR) is 119 cm³/mol. The van der Waals surface area contributed by atoms with E-state index in [1.165, 1.54) is 36.0 Å². The second-order valence-corrected chi connectivity index (χ2v) is 8.32. The minimum absolute atomic E-state index is 0.0364. The highest BCUT2D eigenvalue weighted by atomic mass is 32.2. The molecule has 0 bridgehead atoms. The molecule has 0 aliphatic carbocycles. The molecule has 1 saturated heterocycles. The number of thioether (sulfide) groups is 1. The molecular weight excluding hydrogens is 405 g/mol. The third-order valence-electron chi connectivity index (χ3n) is 4.96. The monoisotopic (exact) mass is 431 g/mol. The molecule has 30 heavy (non-hydrogen) atoms. The van der Waals surface area contributed by atoms with Crippen LogP contribution in [0.25, 0.3) is 0 Å². The summed E-state index contributed by atoms with van der Waals surface area (Å²) in [6, 6.07) is 13.5. The van der Waals surface area contributed by atoms with Crippen LogP contribution in [-0.2, 0) is 9.59 Å². The maximum atomic E-state index is 12.9. The average molecular weight is 432 g/mol. The molecule has 0 aromatic heterocycles. The highest BCUT2D eigenvalue weighted by Crippen LogP contribution is 2.28. The normalized spacial score (nSPS) is 14.9. The van der Waals surface area contributed by atoms with Gasteiger partial charge in [0.15, 0.2) is 0 Å². The summed E-state index contributed by atoms with van der Waals surface area (Å²) in [6.07, 6.45) is 0. The highest BCUT2D eigenvalue weighted by Gasteiger charge is 2.26. The van der Waals surface area contributed by atoms with E-state index in [1.54, 1.807) is 7.11 Å². The van der Waals surface area contributed by atoms with E-state index in [1.807, 2.05) is 36.1 Å². The number of nitrogens with one attached hydrogen (secondary N) is 1. The fourth-order valence-electron chi connectivity index (χ4n) is 3.32. The number of benzene rings is 2. The number of carbonyl (C=O) groups excluding carboxylic acids is 2. The maximum absolute atomic E-state index is 12.9. The Balaban J connectivity index is 1.45. The van der Waals surface area contributed by atoms with Gasteiger partial charge in [0.25, 0.3) is 0 Å². The summed E-state index contributed by atoms with van der Waals surface area (Å²) in [4.78, 5) is 28.9. The Morgan fingerprint density at radius 2 is 1.77 bits per heavy atom. The standard InChI is InChI=1S/C22H26FN3O3S/c1-16(30-15-21(27)24-18-9-7-17(23)8-10-18)22(28)26-13-11-25(12-14-26)19-5-3-4-6-20(19)29-2/h3-10,16H,11-15H2,1-2H3,(H,24,27). The van der Waals surface area contributed by atoms with Gasteiger partial charge < -0.3 is 19.9 Å². The predicted octanol–water partition coefficient (Wildman–Crippen LogP) is 3.24. The molecule has 2 amide bonds. The Kier molecular flexibility index (Phi) is 7.57. The average Bonchev–Trinajstić information content (AvgIpc) is 2.78. The van der Waals surface area contributed by atoms with Crippen molar-refractivity contribution in [2.24, 2.45) is 0 Å². The van der Waals surface area contributed by atoms with Gasteiger partial charge in [0.1, 0.15) is 11.6 Å². The molecule has 0 radical (unpaired) electrons. The molecule has 6 nitrogen and oxygen atoms in total. The van der Waals surface area contributed by atoms with Gasteiger partial charge in [0.2, 0.25) is 11.8 Å². The maximum Gasteiger partial charge on any atom is 0.235 e. The van der Waals surface area contributed by atoms with E-state index >= 15 is 0 Å². The molecule has 1 fully saturated rings. The molecule has 160 valence electrons. The summed E-state index contributed by atoms with van der Waals surface area (Å²) in [7, 11) is 1.66. The van der Waals surface area contributed by atoms with Crippen LogP contribution in [0.2, 0.25) is 0 Å². The van der Waals surface area contributed by atoms with E-state index in [-0.39, 0.29) is 28.6 Å². The lowest BCUT2D eigenvalue weighted by Crippen LogP contribution is -2.50. The molecule has 1 N–H and O–H groups in total. The number of rotatable bonds is 7. The van der Waals surface area contributed by atoms with Crippen LogP contribution in [-0.4, -0.2) is 61.0 Å². The summed E-state index contributed by atoms with van der Waals surface area (Å²) in [5.74, 6) is 0.452. The van der Waals surface area contributed by atoms with Crippen molar-refractivity contribution in [2.75, 3.05) is 49.3 Å². The SMILES string of the molecule is COc1ccccc1N1CCN(C(=O)C(C)SCC(=O)Nc2ccc(F)cc2)CC1. The number of halogens is 1. The van der Waals surface area contributed by atoms with Crippen molar-refractivity contribution in [3.63, 3.8) is 0 Å². The summed E-state index contributed by atoms with van der Waals surface area (Å²) in [5, 5.41) is 2.39. The smallest absolute Gasteiger partial charge is 0.235 e.